The van der Waals surface area contributed by atoms with Crippen molar-refractivity contribution in [3.05, 3.63) is 33.9 Å². The third kappa shape index (κ3) is 3.18. The molecule has 0 saturated carbocycles. The zero-order valence-corrected chi connectivity index (χ0v) is 10.6. The average Bonchev–Trinajstić information content (AvgIpc) is 2.37. The van der Waals surface area contributed by atoms with E-state index in [2.05, 4.69) is 0 Å². The summed E-state index contributed by atoms with van der Waals surface area (Å²) >= 11 is 0. The summed E-state index contributed by atoms with van der Waals surface area (Å²) in [6.45, 7) is 2.51. The van der Waals surface area contributed by atoms with Crippen LogP contribution in [0.3, 0.4) is 0 Å². The second-order valence-corrected chi connectivity index (χ2v) is 4.00. The number of hydrogen-bond acceptors (Lipinski definition) is 5. The Labute approximate surface area is 106 Å². The summed E-state index contributed by atoms with van der Waals surface area (Å²) in [6.07, 6.45) is 0.0109. The van der Waals surface area contributed by atoms with E-state index in [1.165, 1.54) is 12.1 Å². The number of nitro benzene ring substituents is 1. The monoisotopic (exact) mass is 249 g/mol. The van der Waals surface area contributed by atoms with Crippen molar-refractivity contribution in [2.75, 3.05) is 25.6 Å². The molecule has 0 spiro atoms. The smallest absolute Gasteiger partial charge is 0.270 e. The van der Waals surface area contributed by atoms with Crippen molar-refractivity contribution in [1.29, 1.82) is 5.26 Å². The molecule has 0 N–H and O–H groups in total. The van der Waals surface area contributed by atoms with Crippen LogP contribution < -0.4 is 4.90 Å². The van der Waals surface area contributed by atoms with E-state index in [0.717, 1.165) is 0 Å². The van der Waals surface area contributed by atoms with Crippen LogP contribution >= 0.6 is 0 Å². The van der Waals surface area contributed by atoms with E-state index < -0.39 is 4.92 Å². The molecule has 0 bridgehead atoms. The Morgan fingerprint density at radius 1 is 1.61 bits per heavy atom. The van der Waals surface area contributed by atoms with Crippen molar-refractivity contribution in [2.24, 2.45) is 0 Å². The van der Waals surface area contributed by atoms with E-state index in [9.17, 15) is 10.1 Å². The summed E-state index contributed by atoms with van der Waals surface area (Å²) in [4.78, 5) is 12.0. The van der Waals surface area contributed by atoms with E-state index >= 15 is 0 Å². The van der Waals surface area contributed by atoms with E-state index in [-0.39, 0.29) is 17.4 Å². The average molecular weight is 249 g/mol. The predicted octanol–water partition coefficient (Wildman–Crippen LogP) is 1.94. The lowest BCUT2D eigenvalue weighted by Crippen LogP contribution is -2.28. The zero-order chi connectivity index (χ0) is 13.7. The number of rotatable bonds is 5. The Kier molecular flexibility index (Phi) is 4.63. The summed E-state index contributed by atoms with van der Waals surface area (Å²) in [7, 11) is 3.43. The van der Waals surface area contributed by atoms with E-state index in [0.29, 0.717) is 12.2 Å². The Morgan fingerprint density at radius 2 is 2.28 bits per heavy atom. The fraction of sp³-hybridized carbons (Fsp3) is 0.417. The summed E-state index contributed by atoms with van der Waals surface area (Å²) in [5, 5.41) is 19.7. The highest BCUT2D eigenvalue weighted by Crippen LogP contribution is 2.24. The maximum Gasteiger partial charge on any atom is 0.270 e. The number of likely N-dealkylation sites (N-methyl/N-ethyl adjacent to an activating group) is 1. The fourth-order valence-electron chi connectivity index (χ4n) is 1.62. The standard InChI is InChI=1S/C12H15N3O3/c1-9(18-3)8-14(2)12-5-4-11(15(16)17)6-10(12)7-13/h4-6,9H,8H2,1-3H3. The van der Waals surface area contributed by atoms with Crippen molar-refractivity contribution in [3.8, 4) is 6.07 Å². The predicted molar refractivity (Wildman–Crippen MR) is 67.6 cm³/mol. The van der Waals surface area contributed by atoms with E-state index in [1.807, 2.05) is 24.9 Å². The van der Waals surface area contributed by atoms with Crippen molar-refractivity contribution in [3.63, 3.8) is 0 Å². The van der Waals surface area contributed by atoms with Crippen LogP contribution in [-0.2, 0) is 4.74 Å². The summed E-state index contributed by atoms with van der Waals surface area (Å²) in [5.41, 5.74) is 0.866. The molecule has 0 aliphatic carbocycles. The third-order valence-corrected chi connectivity index (χ3v) is 2.66. The lowest BCUT2D eigenvalue weighted by Gasteiger charge is -2.23. The largest absolute Gasteiger partial charge is 0.380 e. The van der Waals surface area contributed by atoms with Crippen molar-refractivity contribution < 1.29 is 9.66 Å². The first-order valence-corrected chi connectivity index (χ1v) is 5.42. The maximum atomic E-state index is 10.6. The number of methoxy groups -OCH3 is 1. The van der Waals surface area contributed by atoms with Gasteiger partial charge in [-0.25, -0.2) is 0 Å². The summed E-state index contributed by atoms with van der Waals surface area (Å²) in [5.74, 6) is 0. The Balaban J connectivity index is 3.03. The molecule has 0 fully saturated rings. The van der Waals surface area contributed by atoms with Gasteiger partial charge < -0.3 is 9.64 Å². The quantitative estimate of drug-likeness (QED) is 0.588. The molecule has 1 atom stereocenters. The van der Waals surface area contributed by atoms with Gasteiger partial charge in [0.25, 0.3) is 5.69 Å². The summed E-state index contributed by atoms with van der Waals surface area (Å²) in [6, 6.07) is 6.23. The van der Waals surface area contributed by atoms with Crippen molar-refractivity contribution >= 4 is 11.4 Å². The van der Waals surface area contributed by atoms with Gasteiger partial charge in [-0.15, -0.1) is 0 Å². The highest BCUT2D eigenvalue weighted by Gasteiger charge is 2.14. The lowest BCUT2D eigenvalue weighted by atomic mass is 10.1. The molecule has 6 nitrogen and oxygen atoms in total. The number of benzene rings is 1. The number of non-ortho nitro benzene ring substituents is 1. The van der Waals surface area contributed by atoms with Gasteiger partial charge in [0.05, 0.1) is 22.3 Å². The van der Waals surface area contributed by atoms with Gasteiger partial charge in [-0.05, 0) is 13.0 Å². The first-order chi connectivity index (χ1) is 8.49. The van der Waals surface area contributed by atoms with Crippen LogP contribution in [0.15, 0.2) is 18.2 Å². The van der Waals surface area contributed by atoms with Gasteiger partial charge in [0, 0.05) is 32.8 Å². The van der Waals surface area contributed by atoms with E-state index in [1.54, 1.807) is 13.2 Å². The van der Waals surface area contributed by atoms with Crippen molar-refractivity contribution in [1.82, 2.24) is 0 Å². The first-order valence-electron chi connectivity index (χ1n) is 5.42. The van der Waals surface area contributed by atoms with Crippen LogP contribution in [0.5, 0.6) is 0 Å². The molecule has 1 unspecified atom stereocenters. The van der Waals surface area contributed by atoms with Gasteiger partial charge in [0.2, 0.25) is 0 Å². The first kappa shape index (κ1) is 13.9. The van der Waals surface area contributed by atoms with Gasteiger partial charge in [-0.2, -0.15) is 5.26 Å². The molecular weight excluding hydrogens is 234 g/mol. The molecule has 0 aliphatic rings. The zero-order valence-electron chi connectivity index (χ0n) is 10.6. The highest BCUT2D eigenvalue weighted by atomic mass is 16.6. The molecule has 18 heavy (non-hydrogen) atoms. The molecule has 1 aromatic rings. The number of anilines is 1. The minimum atomic E-state index is -0.512. The number of nitrogens with zero attached hydrogens (tertiary/aromatic N) is 3. The molecule has 0 amide bonds. The summed E-state index contributed by atoms with van der Waals surface area (Å²) < 4.78 is 5.14. The van der Waals surface area contributed by atoms with Crippen LogP contribution in [0.2, 0.25) is 0 Å². The number of ether oxygens (including phenoxy) is 1. The van der Waals surface area contributed by atoms with Gasteiger partial charge >= 0.3 is 0 Å². The molecule has 0 aliphatic heterocycles. The normalized spacial score (nSPS) is 11.7. The SMILES string of the molecule is COC(C)CN(C)c1ccc([N+](=O)[O-])cc1C#N. The van der Waals surface area contributed by atoms with Crippen molar-refractivity contribution in [2.45, 2.75) is 13.0 Å². The third-order valence-electron chi connectivity index (χ3n) is 2.66. The van der Waals surface area contributed by atoms with Crippen LogP contribution in [0.1, 0.15) is 12.5 Å². The number of hydrogen-bond donors (Lipinski definition) is 0. The minimum absolute atomic E-state index is 0.0109. The second kappa shape index (κ2) is 5.98. The number of nitro groups is 1. The number of nitriles is 1. The second-order valence-electron chi connectivity index (χ2n) is 4.00. The minimum Gasteiger partial charge on any atom is -0.380 e. The molecule has 0 aromatic heterocycles. The van der Waals surface area contributed by atoms with Gasteiger partial charge in [0.15, 0.2) is 0 Å². The molecule has 6 heteroatoms. The Bertz CT molecular complexity index is 482. The molecular formula is C12H15N3O3. The molecule has 96 valence electrons. The molecule has 0 saturated heterocycles. The molecule has 1 aromatic carbocycles. The van der Waals surface area contributed by atoms with Crippen LogP contribution in [0.25, 0.3) is 0 Å². The maximum absolute atomic E-state index is 10.6. The molecule has 0 radical (unpaired) electrons. The fourth-order valence-corrected chi connectivity index (χ4v) is 1.62. The highest BCUT2D eigenvalue weighted by molar-refractivity contribution is 5.62. The van der Waals surface area contributed by atoms with Crippen LogP contribution in [-0.4, -0.2) is 31.7 Å². The van der Waals surface area contributed by atoms with E-state index in [4.69, 9.17) is 10.00 Å². The molecule has 1 rings (SSSR count). The topological polar surface area (TPSA) is 79.4 Å². The molecule has 0 heterocycles. The van der Waals surface area contributed by atoms with Crippen LogP contribution in [0.4, 0.5) is 11.4 Å². The van der Waals surface area contributed by atoms with Gasteiger partial charge in [-0.3, -0.25) is 10.1 Å². The van der Waals surface area contributed by atoms with Gasteiger partial charge in [0.1, 0.15) is 6.07 Å². The Hall–Kier alpha value is -2.13. The van der Waals surface area contributed by atoms with Gasteiger partial charge in [-0.1, -0.05) is 0 Å². The van der Waals surface area contributed by atoms with Crippen LogP contribution in [0, 0.1) is 21.4 Å². The lowest BCUT2D eigenvalue weighted by molar-refractivity contribution is -0.384. The Morgan fingerprint density at radius 3 is 2.78 bits per heavy atom.